The zero-order chi connectivity index (χ0) is 23.1. The number of hydrogen-bond acceptors (Lipinski definition) is 4. The number of ether oxygens (including phenoxy) is 1. The number of carboxylic acids is 1. The van der Waals surface area contributed by atoms with E-state index < -0.39 is 46.9 Å². The molecule has 0 bridgehead atoms. The number of rotatable bonds is 4. The minimum absolute atomic E-state index is 0.0379. The van der Waals surface area contributed by atoms with Gasteiger partial charge in [-0.3, -0.25) is 14.5 Å². The highest BCUT2D eigenvalue weighted by atomic mass is 19.4. The Morgan fingerprint density at radius 2 is 1.81 bits per heavy atom. The quantitative estimate of drug-likeness (QED) is 0.757. The van der Waals surface area contributed by atoms with E-state index in [2.05, 4.69) is 5.32 Å². The normalized spacial score (nSPS) is 16.2. The van der Waals surface area contributed by atoms with E-state index in [1.807, 2.05) is 0 Å². The number of aromatic carboxylic acids is 1. The fourth-order valence-electron chi connectivity index (χ4n) is 3.22. The van der Waals surface area contributed by atoms with Crippen molar-refractivity contribution >= 4 is 29.2 Å². The molecule has 10 heteroatoms. The van der Waals surface area contributed by atoms with Gasteiger partial charge in [-0.1, -0.05) is 12.1 Å². The number of halogens is 3. The van der Waals surface area contributed by atoms with Crippen molar-refractivity contribution in [3.8, 4) is 5.75 Å². The summed E-state index contributed by atoms with van der Waals surface area (Å²) in [6.07, 6.45) is -4.69. The van der Waals surface area contributed by atoms with Crippen LogP contribution in [0.4, 0.5) is 24.5 Å². The van der Waals surface area contributed by atoms with Crippen LogP contribution in [-0.2, 0) is 15.8 Å². The monoisotopic (exact) mass is 436 g/mol. The summed E-state index contributed by atoms with van der Waals surface area (Å²) < 4.78 is 45.4. The van der Waals surface area contributed by atoms with Crippen molar-refractivity contribution < 1.29 is 37.4 Å². The smallest absolute Gasteiger partial charge is 0.418 e. The first-order chi connectivity index (χ1) is 14.3. The molecule has 1 heterocycles. The molecular formula is C21H19F3N2O5. The Morgan fingerprint density at radius 1 is 1.16 bits per heavy atom. The number of carbonyl (C=O) groups excluding carboxylic acids is 2. The second-order valence-electron chi connectivity index (χ2n) is 7.48. The van der Waals surface area contributed by atoms with Crippen molar-refractivity contribution in [2.45, 2.75) is 38.6 Å². The Balaban J connectivity index is 2.00. The van der Waals surface area contributed by atoms with Gasteiger partial charge in [0.05, 0.1) is 22.5 Å². The Kier molecular flexibility index (Phi) is 5.43. The van der Waals surface area contributed by atoms with Crippen molar-refractivity contribution in [2.24, 2.45) is 0 Å². The molecule has 0 aromatic heterocycles. The highest BCUT2D eigenvalue weighted by Crippen LogP contribution is 2.40. The maximum Gasteiger partial charge on any atom is 0.418 e. The minimum Gasteiger partial charge on any atom is -0.478 e. The van der Waals surface area contributed by atoms with Crippen LogP contribution in [0.25, 0.3) is 0 Å². The van der Waals surface area contributed by atoms with Crippen LogP contribution in [0.1, 0.15) is 36.7 Å². The van der Waals surface area contributed by atoms with Crippen molar-refractivity contribution in [1.29, 1.82) is 0 Å². The first kappa shape index (κ1) is 22.1. The molecule has 2 amide bonds. The van der Waals surface area contributed by atoms with Gasteiger partial charge in [0, 0.05) is 0 Å². The highest BCUT2D eigenvalue weighted by Gasteiger charge is 2.45. The third-order valence-corrected chi connectivity index (χ3v) is 4.82. The maximum atomic E-state index is 13.2. The molecule has 0 spiro atoms. The number of alkyl halides is 3. The Morgan fingerprint density at radius 3 is 2.42 bits per heavy atom. The number of nitrogens with one attached hydrogen (secondary N) is 1. The van der Waals surface area contributed by atoms with E-state index in [0.29, 0.717) is 0 Å². The Labute approximate surface area is 175 Å². The summed E-state index contributed by atoms with van der Waals surface area (Å²) in [6.45, 7) is 4.28. The molecule has 2 N–H and O–H groups in total. The number of hydrogen-bond donors (Lipinski definition) is 2. The molecule has 31 heavy (non-hydrogen) atoms. The lowest BCUT2D eigenvalue weighted by molar-refractivity contribution is -0.137. The third-order valence-electron chi connectivity index (χ3n) is 4.82. The van der Waals surface area contributed by atoms with Crippen LogP contribution < -0.4 is 15.0 Å². The zero-order valence-electron chi connectivity index (χ0n) is 16.8. The summed E-state index contributed by atoms with van der Waals surface area (Å²) in [4.78, 5) is 38.2. The number of amides is 2. The third kappa shape index (κ3) is 4.18. The van der Waals surface area contributed by atoms with Crippen LogP contribution >= 0.6 is 0 Å². The van der Waals surface area contributed by atoms with Crippen LogP contribution in [0.2, 0.25) is 0 Å². The zero-order valence-corrected chi connectivity index (χ0v) is 16.8. The molecule has 1 aliphatic rings. The fourth-order valence-corrected chi connectivity index (χ4v) is 3.22. The number of fused-ring (bicyclic) bond motifs is 1. The first-order valence-electron chi connectivity index (χ1n) is 9.20. The average Bonchev–Trinajstić information content (AvgIpc) is 2.67. The largest absolute Gasteiger partial charge is 0.478 e. The van der Waals surface area contributed by atoms with Crippen LogP contribution in [0.5, 0.6) is 5.75 Å². The SMILES string of the molecule is CC(C(=O)Nc1ccccc1C(F)(F)F)N1C(=O)C(C)(C)Oc2ccc(C(=O)O)cc21. The summed E-state index contributed by atoms with van der Waals surface area (Å²) in [7, 11) is 0. The van der Waals surface area contributed by atoms with E-state index in [0.717, 1.165) is 17.0 Å². The number of carboxylic acid groups (broad SMARTS) is 1. The van der Waals surface area contributed by atoms with Gasteiger partial charge in [0.15, 0.2) is 5.60 Å². The Bertz CT molecular complexity index is 1070. The van der Waals surface area contributed by atoms with Crippen molar-refractivity contribution in [3.63, 3.8) is 0 Å². The van der Waals surface area contributed by atoms with E-state index in [9.17, 15) is 32.7 Å². The predicted molar refractivity (Wildman–Crippen MR) is 105 cm³/mol. The van der Waals surface area contributed by atoms with Crippen LogP contribution in [0, 0.1) is 0 Å². The first-order valence-corrected chi connectivity index (χ1v) is 9.20. The van der Waals surface area contributed by atoms with Gasteiger partial charge in [0.1, 0.15) is 11.8 Å². The summed E-state index contributed by atoms with van der Waals surface area (Å²) >= 11 is 0. The van der Waals surface area contributed by atoms with Crippen molar-refractivity contribution in [2.75, 3.05) is 10.2 Å². The summed E-state index contributed by atoms with van der Waals surface area (Å²) in [5, 5.41) is 11.5. The van der Waals surface area contributed by atoms with Gasteiger partial charge in [-0.2, -0.15) is 13.2 Å². The number of para-hydroxylation sites is 1. The molecule has 0 fully saturated rings. The molecule has 1 aliphatic heterocycles. The molecular weight excluding hydrogens is 417 g/mol. The lowest BCUT2D eigenvalue weighted by atomic mass is 10.0. The van der Waals surface area contributed by atoms with E-state index in [1.165, 1.54) is 51.1 Å². The lowest BCUT2D eigenvalue weighted by Gasteiger charge is -2.41. The average molecular weight is 436 g/mol. The Hall–Kier alpha value is -3.56. The van der Waals surface area contributed by atoms with E-state index >= 15 is 0 Å². The predicted octanol–water partition coefficient (Wildman–Crippen LogP) is 3.93. The second kappa shape index (κ2) is 7.60. The number of nitrogens with zero attached hydrogens (tertiary/aromatic N) is 1. The topological polar surface area (TPSA) is 95.9 Å². The van der Waals surface area contributed by atoms with E-state index in [-0.39, 0.29) is 17.0 Å². The van der Waals surface area contributed by atoms with Gasteiger partial charge in [0.25, 0.3) is 5.91 Å². The minimum atomic E-state index is -4.69. The summed E-state index contributed by atoms with van der Waals surface area (Å²) in [5.74, 6) is -2.61. The van der Waals surface area contributed by atoms with Gasteiger partial charge in [-0.15, -0.1) is 0 Å². The highest BCUT2D eigenvalue weighted by molar-refractivity contribution is 6.10. The van der Waals surface area contributed by atoms with E-state index in [4.69, 9.17) is 4.74 Å². The number of carbonyl (C=O) groups is 3. The molecule has 7 nitrogen and oxygen atoms in total. The molecule has 2 aromatic carbocycles. The molecule has 1 atom stereocenters. The summed E-state index contributed by atoms with van der Waals surface area (Å²) in [6, 6.07) is 7.04. The lowest BCUT2D eigenvalue weighted by Crippen LogP contribution is -2.58. The number of benzene rings is 2. The molecule has 0 saturated carbocycles. The van der Waals surface area contributed by atoms with Gasteiger partial charge >= 0.3 is 12.1 Å². The molecule has 0 radical (unpaired) electrons. The molecule has 2 aromatic rings. The maximum absolute atomic E-state index is 13.2. The standard InChI is InChI=1S/C21H19F3N2O5/c1-11(17(27)25-14-7-5-4-6-13(14)21(22,23)24)26-15-10-12(18(28)29)8-9-16(15)31-20(2,3)19(26)30/h4-11H,1-3H3,(H,25,27)(H,28,29). The molecule has 164 valence electrons. The van der Waals surface area contributed by atoms with E-state index in [1.54, 1.807) is 0 Å². The van der Waals surface area contributed by atoms with Gasteiger partial charge in [-0.25, -0.2) is 4.79 Å². The van der Waals surface area contributed by atoms with Gasteiger partial charge in [-0.05, 0) is 51.1 Å². The molecule has 3 rings (SSSR count). The number of anilines is 2. The second-order valence-corrected chi connectivity index (χ2v) is 7.48. The van der Waals surface area contributed by atoms with Crippen LogP contribution in [-0.4, -0.2) is 34.5 Å². The van der Waals surface area contributed by atoms with Crippen molar-refractivity contribution in [1.82, 2.24) is 0 Å². The van der Waals surface area contributed by atoms with Gasteiger partial charge in [0.2, 0.25) is 5.91 Å². The van der Waals surface area contributed by atoms with Crippen molar-refractivity contribution in [3.05, 3.63) is 53.6 Å². The fraction of sp³-hybridized carbons (Fsp3) is 0.286. The molecule has 0 aliphatic carbocycles. The van der Waals surface area contributed by atoms with Gasteiger partial charge < -0.3 is 15.2 Å². The van der Waals surface area contributed by atoms with Crippen LogP contribution in [0.3, 0.4) is 0 Å². The van der Waals surface area contributed by atoms with Crippen LogP contribution in [0.15, 0.2) is 42.5 Å². The molecule has 0 saturated heterocycles. The molecule has 1 unspecified atom stereocenters. The summed E-state index contributed by atoms with van der Waals surface area (Å²) in [5.41, 5.74) is -2.97.